The first-order valence-corrected chi connectivity index (χ1v) is 12.6. The van der Waals surface area contributed by atoms with Crippen LogP contribution in [0.2, 0.25) is 0 Å². The highest BCUT2D eigenvalue weighted by Gasteiger charge is 2.39. The predicted molar refractivity (Wildman–Crippen MR) is 127 cm³/mol. The molecule has 184 valence electrons. The molecule has 0 bridgehead atoms. The van der Waals surface area contributed by atoms with Crippen molar-refractivity contribution in [2.75, 3.05) is 6.54 Å². The van der Waals surface area contributed by atoms with Crippen molar-refractivity contribution in [3.05, 3.63) is 26.7 Å². The lowest BCUT2D eigenvalue weighted by Gasteiger charge is -2.39. The fourth-order valence-corrected chi connectivity index (χ4v) is 5.02. The third-order valence-electron chi connectivity index (χ3n) is 5.56. The monoisotopic (exact) mass is 507 g/mol. The van der Waals surface area contributed by atoms with Crippen molar-refractivity contribution in [3.63, 3.8) is 0 Å². The fraction of sp³-hybridized carbons (Fsp3) is 0.571. The van der Waals surface area contributed by atoms with Crippen LogP contribution < -0.4 is 16.4 Å². The summed E-state index contributed by atoms with van der Waals surface area (Å²) in [7, 11) is 0. The van der Waals surface area contributed by atoms with Gasteiger partial charge in [0.2, 0.25) is 11.8 Å². The van der Waals surface area contributed by atoms with Crippen LogP contribution in [-0.2, 0) is 9.59 Å². The predicted octanol–water partition coefficient (Wildman–Crippen LogP) is 1.03. The Bertz CT molecular complexity index is 1070. The molecule has 4 amide bonds. The van der Waals surface area contributed by atoms with Gasteiger partial charge in [0.15, 0.2) is 0 Å². The van der Waals surface area contributed by atoms with Crippen LogP contribution in [0.5, 0.6) is 0 Å². The van der Waals surface area contributed by atoms with Gasteiger partial charge in [0, 0.05) is 18.0 Å². The van der Waals surface area contributed by atoms with E-state index in [2.05, 4.69) is 25.2 Å². The van der Waals surface area contributed by atoms with Crippen molar-refractivity contribution in [3.8, 4) is 0 Å². The average Bonchev–Trinajstić information content (AvgIpc) is 3.40. The quantitative estimate of drug-likeness (QED) is 0.481. The SMILES string of the molecule is Cc1nc(C(=O)N2CC[C@H](NC(=O)c3snnc3C)C[C@H]2C(=O)N[C@H](CC(C)C)C(N)=O)cs1. The zero-order valence-electron chi connectivity index (χ0n) is 19.5. The second-order valence-corrected chi connectivity index (χ2v) is 10.6. The summed E-state index contributed by atoms with van der Waals surface area (Å²) in [5, 5.41) is 11.9. The topological polar surface area (TPSA) is 160 Å². The van der Waals surface area contributed by atoms with E-state index in [1.807, 2.05) is 13.8 Å². The van der Waals surface area contributed by atoms with E-state index < -0.39 is 23.9 Å². The number of carbonyl (C=O) groups excluding carboxylic acids is 4. The van der Waals surface area contributed by atoms with Gasteiger partial charge in [-0.05, 0) is 50.6 Å². The molecule has 0 saturated carbocycles. The standard InChI is InChI=1S/C21H29N7O4S2/c1-10(2)7-14(18(22)29)25-19(30)16-8-13(24-20(31)17-11(3)26-27-34-17)5-6-28(16)21(32)15-9-33-12(4)23-15/h9-10,13-14,16H,5-8H2,1-4H3,(H2,22,29)(H,24,31)(H,25,30)/t13-,14+,16-/m0/s1. The van der Waals surface area contributed by atoms with Crippen LogP contribution in [0.3, 0.4) is 0 Å². The number of thiazole rings is 1. The van der Waals surface area contributed by atoms with Gasteiger partial charge >= 0.3 is 0 Å². The molecule has 4 N–H and O–H groups in total. The molecule has 11 nitrogen and oxygen atoms in total. The van der Waals surface area contributed by atoms with Crippen LogP contribution in [-0.4, -0.2) is 67.8 Å². The summed E-state index contributed by atoms with van der Waals surface area (Å²) < 4.78 is 3.79. The third kappa shape index (κ3) is 6.14. The molecule has 13 heteroatoms. The van der Waals surface area contributed by atoms with Gasteiger partial charge in [-0.25, -0.2) is 4.98 Å². The third-order valence-corrected chi connectivity index (χ3v) is 7.16. The highest BCUT2D eigenvalue weighted by Crippen LogP contribution is 2.23. The normalized spacial score (nSPS) is 19.0. The van der Waals surface area contributed by atoms with E-state index in [0.717, 1.165) is 16.5 Å². The van der Waals surface area contributed by atoms with Crippen molar-refractivity contribution in [2.45, 2.75) is 65.1 Å². The first-order valence-electron chi connectivity index (χ1n) is 11.0. The number of nitrogens with two attached hydrogens (primary N) is 1. The number of aromatic nitrogens is 3. The lowest BCUT2D eigenvalue weighted by atomic mass is 9.94. The molecule has 0 radical (unpaired) electrons. The van der Waals surface area contributed by atoms with E-state index in [4.69, 9.17) is 5.73 Å². The number of hydrogen-bond acceptors (Lipinski definition) is 9. The first kappa shape index (κ1) is 25.7. The Morgan fingerprint density at radius 1 is 1.26 bits per heavy atom. The second-order valence-electron chi connectivity index (χ2n) is 8.74. The maximum atomic E-state index is 13.3. The maximum absolute atomic E-state index is 13.3. The molecule has 0 aromatic carbocycles. The van der Waals surface area contributed by atoms with Gasteiger partial charge in [-0.3, -0.25) is 19.2 Å². The van der Waals surface area contributed by atoms with Gasteiger partial charge in [0.25, 0.3) is 11.8 Å². The summed E-state index contributed by atoms with van der Waals surface area (Å²) in [6, 6.07) is -2.11. The molecule has 0 unspecified atom stereocenters. The fourth-order valence-electron chi connectivity index (χ4n) is 3.87. The zero-order valence-corrected chi connectivity index (χ0v) is 21.2. The number of likely N-dealkylation sites (tertiary alicyclic amines) is 1. The van der Waals surface area contributed by atoms with E-state index in [9.17, 15) is 19.2 Å². The molecule has 1 aliphatic heterocycles. The lowest BCUT2D eigenvalue weighted by Crippen LogP contribution is -2.59. The molecule has 3 heterocycles. The number of hydrogen-bond donors (Lipinski definition) is 3. The van der Waals surface area contributed by atoms with Crippen molar-refractivity contribution in [1.29, 1.82) is 0 Å². The minimum Gasteiger partial charge on any atom is -0.368 e. The molecular weight excluding hydrogens is 478 g/mol. The van der Waals surface area contributed by atoms with Crippen molar-refractivity contribution in [1.82, 2.24) is 30.1 Å². The summed E-state index contributed by atoms with van der Waals surface area (Å²) in [5.74, 6) is -1.68. The summed E-state index contributed by atoms with van der Waals surface area (Å²) >= 11 is 2.35. The van der Waals surface area contributed by atoms with Crippen molar-refractivity contribution in [2.24, 2.45) is 11.7 Å². The number of nitrogens with one attached hydrogen (secondary N) is 2. The van der Waals surface area contributed by atoms with Crippen LogP contribution in [0.25, 0.3) is 0 Å². The van der Waals surface area contributed by atoms with Crippen LogP contribution in [0.1, 0.15) is 64.0 Å². The van der Waals surface area contributed by atoms with E-state index in [-0.39, 0.29) is 42.4 Å². The maximum Gasteiger partial charge on any atom is 0.274 e. The molecule has 3 atom stereocenters. The molecule has 3 rings (SSSR count). The number of carbonyl (C=O) groups is 4. The Labute approximate surface area is 205 Å². The molecule has 1 fully saturated rings. The van der Waals surface area contributed by atoms with Crippen molar-refractivity contribution < 1.29 is 19.2 Å². The first-order chi connectivity index (χ1) is 16.1. The summed E-state index contributed by atoms with van der Waals surface area (Å²) in [6.45, 7) is 7.58. The van der Waals surface area contributed by atoms with Gasteiger partial charge in [0.1, 0.15) is 22.7 Å². The molecular formula is C21H29N7O4S2. The van der Waals surface area contributed by atoms with Crippen molar-refractivity contribution >= 4 is 46.5 Å². The largest absolute Gasteiger partial charge is 0.368 e. The number of aryl methyl sites for hydroxylation is 2. The molecule has 1 aliphatic rings. The number of primary amides is 1. The number of rotatable bonds is 8. The van der Waals surface area contributed by atoms with Gasteiger partial charge in [-0.2, -0.15) is 0 Å². The molecule has 34 heavy (non-hydrogen) atoms. The molecule has 2 aromatic rings. The Hall–Kier alpha value is -2.93. The Kier molecular flexibility index (Phi) is 8.31. The minimum atomic E-state index is -0.900. The van der Waals surface area contributed by atoms with Gasteiger partial charge in [-0.15, -0.1) is 16.4 Å². The number of amides is 4. The summed E-state index contributed by atoms with van der Waals surface area (Å²) in [5.41, 5.74) is 6.30. The van der Waals surface area contributed by atoms with Gasteiger partial charge in [0.05, 0.1) is 10.7 Å². The second kappa shape index (κ2) is 11.0. The zero-order chi connectivity index (χ0) is 25.0. The lowest BCUT2D eigenvalue weighted by molar-refractivity contribution is -0.131. The van der Waals surface area contributed by atoms with Crippen LogP contribution in [0, 0.1) is 19.8 Å². The smallest absolute Gasteiger partial charge is 0.274 e. The molecule has 1 saturated heterocycles. The van der Waals surface area contributed by atoms with E-state index >= 15 is 0 Å². The van der Waals surface area contributed by atoms with Crippen LogP contribution >= 0.6 is 22.9 Å². The number of nitrogens with zero attached hydrogens (tertiary/aromatic N) is 4. The summed E-state index contributed by atoms with van der Waals surface area (Å²) in [4.78, 5) is 57.2. The summed E-state index contributed by atoms with van der Waals surface area (Å²) in [6.07, 6.45) is 1.02. The van der Waals surface area contributed by atoms with Gasteiger partial charge in [-0.1, -0.05) is 18.3 Å². The van der Waals surface area contributed by atoms with Gasteiger partial charge < -0.3 is 21.3 Å². The Morgan fingerprint density at radius 3 is 2.56 bits per heavy atom. The van der Waals surface area contributed by atoms with Crippen LogP contribution in [0.4, 0.5) is 0 Å². The highest BCUT2D eigenvalue weighted by atomic mass is 32.1. The van der Waals surface area contributed by atoms with E-state index in [1.165, 1.54) is 16.2 Å². The van der Waals surface area contributed by atoms with E-state index in [1.54, 1.807) is 19.2 Å². The Balaban J connectivity index is 1.80. The number of piperidine rings is 1. The average molecular weight is 508 g/mol. The van der Waals surface area contributed by atoms with E-state index in [0.29, 0.717) is 23.4 Å². The Morgan fingerprint density at radius 2 is 2.00 bits per heavy atom. The molecule has 0 spiro atoms. The molecule has 0 aliphatic carbocycles. The highest BCUT2D eigenvalue weighted by molar-refractivity contribution is 7.09. The molecule has 2 aromatic heterocycles. The van der Waals surface area contributed by atoms with Crippen LogP contribution in [0.15, 0.2) is 5.38 Å². The minimum absolute atomic E-state index is 0.128.